The molecule has 0 atom stereocenters. The van der Waals surface area contributed by atoms with Crippen LogP contribution in [0.3, 0.4) is 0 Å². The molecule has 0 saturated heterocycles. The topological polar surface area (TPSA) is 0 Å². The summed E-state index contributed by atoms with van der Waals surface area (Å²) >= 11 is 0. The van der Waals surface area contributed by atoms with Gasteiger partial charge in [-0.3, -0.25) is 0 Å². The molecular weight excluding hydrogens is 504 g/mol. The monoisotopic (exact) mass is 546 g/mol. The average Bonchev–Trinajstić information content (AvgIpc) is 2.98. The molecule has 0 N–H and O–H groups in total. The summed E-state index contributed by atoms with van der Waals surface area (Å²) in [5, 5.41) is 0. The molecule has 0 heterocycles. The highest BCUT2D eigenvalue weighted by Gasteiger charge is 1.98. The first-order valence-electron chi connectivity index (χ1n) is 14.7. The zero-order valence-electron chi connectivity index (χ0n) is 25.9. The summed E-state index contributed by atoms with van der Waals surface area (Å²) in [6, 6.07) is 51.6. The van der Waals surface area contributed by atoms with Crippen molar-refractivity contribution in [3.05, 3.63) is 179 Å². The molecule has 0 aliphatic carbocycles. The van der Waals surface area contributed by atoms with E-state index >= 15 is 0 Å². The fourth-order valence-corrected chi connectivity index (χ4v) is 4.87. The van der Waals surface area contributed by atoms with Crippen molar-refractivity contribution in [1.29, 1.82) is 0 Å². The van der Waals surface area contributed by atoms with Gasteiger partial charge in [-0.15, -0.1) is 0 Å². The summed E-state index contributed by atoms with van der Waals surface area (Å²) in [6.07, 6.45) is 0. The highest BCUT2D eigenvalue weighted by molar-refractivity contribution is 5.66. The zero-order valence-corrected chi connectivity index (χ0v) is 25.9. The lowest BCUT2D eigenvalue weighted by molar-refractivity contribution is 1.44. The van der Waals surface area contributed by atoms with Crippen LogP contribution in [-0.4, -0.2) is 0 Å². The molecule has 0 unspecified atom stereocenters. The maximum atomic E-state index is 2.22. The number of hydrogen-bond acceptors (Lipinski definition) is 0. The third-order valence-electron chi connectivity index (χ3n) is 7.14. The minimum atomic E-state index is 1.29. The Morgan fingerprint density at radius 3 is 0.690 bits per heavy atom. The third kappa shape index (κ3) is 9.18. The highest BCUT2D eigenvalue weighted by atomic mass is 14.0. The van der Waals surface area contributed by atoms with E-state index in [0.29, 0.717) is 0 Å². The third-order valence-corrected chi connectivity index (χ3v) is 7.14. The van der Waals surface area contributed by atoms with Crippen molar-refractivity contribution in [2.45, 2.75) is 41.5 Å². The second kappa shape index (κ2) is 14.8. The van der Waals surface area contributed by atoms with Crippen LogP contribution in [0.15, 0.2) is 146 Å². The molecule has 0 bridgehead atoms. The normalized spacial score (nSPS) is 10.1. The molecule has 210 valence electrons. The maximum absolute atomic E-state index is 2.22. The average molecular weight is 547 g/mol. The molecular formula is C42H42. The summed E-state index contributed by atoms with van der Waals surface area (Å²) in [5.41, 5.74) is 15.6. The Balaban J connectivity index is 0.000000145. The van der Waals surface area contributed by atoms with Crippen molar-refractivity contribution < 1.29 is 0 Å². The van der Waals surface area contributed by atoms with E-state index < -0.39 is 0 Å². The van der Waals surface area contributed by atoms with E-state index in [1.165, 1.54) is 66.8 Å². The van der Waals surface area contributed by atoms with Crippen molar-refractivity contribution in [2.24, 2.45) is 0 Å². The van der Waals surface area contributed by atoms with Gasteiger partial charge in [0.05, 0.1) is 0 Å². The van der Waals surface area contributed by atoms with Crippen LogP contribution in [0.5, 0.6) is 0 Å². The van der Waals surface area contributed by atoms with Gasteiger partial charge in [-0.25, -0.2) is 0 Å². The second-order valence-corrected chi connectivity index (χ2v) is 11.2. The zero-order chi connectivity index (χ0) is 29.9. The molecule has 6 aromatic rings. The molecule has 0 saturated carbocycles. The molecule has 0 radical (unpaired) electrons. The van der Waals surface area contributed by atoms with Crippen LogP contribution in [0.4, 0.5) is 0 Å². The number of rotatable bonds is 3. The molecule has 0 aliphatic heterocycles. The minimum absolute atomic E-state index is 1.29. The molecule has 0 aromatic heterocycles. The van der Waals surface area contributed by atoms with E-state index in [2.05, 4.69) is 187 Å². The quantitative estimate of drug-likeness (QED) is 0.207. The van der Waals surface area contributed by atoms with E-state index in [1.54, 1.807) is 0 Å². The van der Waals surface area contributed by atoms with Crippen LogP contribution in [0.1, 0.15) is 33.4 Å². The maximum Gasteiger partial charge on any atom is -0.0181 e. The van der Waals surface area contributed by atoms with Crippen molar-refractivity contribution >= 4 is 0 Å². The van der Waals surface area contributed by atoms with E-state index in [-0.39, 0.29) is 0 Å². The van der Waals surface area contributed by atoms with Crippen LogP contribution >= 0.6 is 0 Å². The first kappa shape index (κ1) is 30.3. The summed E-state index contributed by atoms with van der Waals surface area (Å²) in [4.78, 5) is 0. The number of benzene rings is 6. The van der Waals surface area contributed by atoms with Crippen LogP contribution in [0.25, 0.3) is 33.4 Å². The highest BCUT2D eigenvalue weighted by Crippen LogP contribution is 2.23. The molecule has 0 amide bonds. The molecule has 0 aliphatic rings. The predicted octanol–water partition coefficient (Wildman–Crippen LogP) is 11.9. The van der Waals surface area contributed by atoms with Crippen molar-refractivity contribution in [2.75, 3.05) is 0 Å². The Hall–Kier alpha value is -4.68. The molecule has 0 fully saturated rings. The number of aryl methyl sites for hydroxylation is 6. The van der Waals surface area contributed by atoms with E-state index in [4.69, 9.17) is 0 Å². The molecule has 0 heteroatoms. The summed E-state index contributed by atoms with van der Waals surface area (Å²) in [5.74, 6) is 0. The standard InChI is InChI=1S/3C14H14/c2*1-11-5-3-7-13(9-11)14-8-4-6-12(2)10-14;1-11-6-8-13(9-7-11)14-5-3-4-12(2)10-14/h3*3-10H,1-2H3. The van der Waals surface area contributed by atoms with Gasteiger partial charge < -0.3 is 0 Å². The van der Waals surface area contributed by atoms with Crippen LogP contribution in [-0.2, 0) is 0 Å². The van der Waals surface area contributed by atoms with Gasteiger partial charge in [-0.1, -0.05) is 179 Å². The second-order valence-electron chi connectivity index (χ2n) is 11.2. The smallest absolute Gasteiger partial charge is 0.0181 e. The van der Waals surface area contributed by atoms with Gasteiger partial charge in [0.2, 0.25) is 0 Å². The molecule has 6 rings (SSSR count). The summed E-state index contributed by atoms with van der Waals surface area (Å²) < 4.78 is 0. The molecule has 0 spiro atoms. The Kier molecular flexibility index (Phi) is 10.7. The SMILES string of the molecule is Cc1ccc(-c2cccc(C)c2)cc1.Cc1cccc(-c2cccc(C)c2)c1.Cc1cccc(-c2cccc(C)c2)c1. The van der Waals surface area contributed by atoms with Crippen LogP contribution in [0.2, 0.25) is 0 Å². The van der Waals surface area contributed by atoms with E-state index in [9.17, 15) is 0 Å². The minimum Gasteiger partial charge on any atom is -0.0614 e. The molecule has 0 nitrogen and oxygen atoms in total. The van der Waals surface area contributed by atoms with E-state index in [1.807, 2.05) is 0 Å². The van der Waals surface area contributed by atoms with Crippen LogP contribution in [0, 0.1) is 41.5 Å². The fourth-order valence-electron chi connectivity index (χ4n) is 4.87. The largest absolute Gasteiger partial charge is 0.0614 e. The fraction of sp³-hybridized carbons (Fsp3) is 0.143. The van der Waals surface area contributed by atoms with Gasteiger partial charge in [0, 0.05) is 0 Å². The Morgan fingerprint density at radius 1 is 0.214 bits per heavy atom. The van der Waals surface area contributed by atoms with Gasteiger partial charge in [-0.05, 0) is 74.9 Å². The van der Waals surface area contributed by atoms with Gasteiger partial charge >= 0.3 is 0 Å². The molecule has 6 aromatic carbocycles. The van der Waals surface area contributed by atoms with Crippen molar-refractivity contribution in [3.8, 4) is 33.4 Å². The lowest BCUT2D eigenvalue weighted by Gasteiger charge is -2.03. The number of hydrogen-bond donors (Lipinski definition) is 0. The lowest BCUT2D eigenvalue weighted by atomic mass is 10.0. The van der Waals surface area contributed by atoms with Gasteiger partial charge in [0.15, 0.2) is 0 Å². The van der Waals surface area contributed by atoms with E-state index in [0.717, 1.165) is 0 Å². The Bertz CT molecular complexity index is 1550. The van der Waals surface area contributed by atoms with Crippen molar-refractivity contribution in [3.63, 3.8) is 0 Å². The lowest BCUT2D eigenvalue weighted by Crippen LogP contribution is -1.80. The molecule has 42 heavy (non-hydrogen) atoms. The van der Waals surface area contributed by atoms with Gasteiger partial charge in [0.25, 0.3) is 0 Å². The predicted molar refractivity (Wildman–Crippen MR) is 184 cm³/mol. The Labute approximate surface area is 253 Å². The van der Waals surface area contributed by atoms with Crippen LogP contribution < -0.4 is 0 Å². The summed E-state index contributed by atoms with van der Waals surface area (Å²) in [7, 11) is 0. The van der Waals surface area contributed by atoms with Crippen molar-refractivity contribution in [1.82, 2.24) is 0 Å². The van der Waals surface area contributed by atoms with Gasteiger partial charge in [0.1, 0.15) is 0 Å². The Morgan fingerprint density at radius 2 is 0.452 bits per heavy atom. The summed E-state index contributed by atoms with van der Waals surface area (Å²) in [6.45, 7) is 12.7. The van der Waals surface area contributed by atoms with Gasteiger partial charge in [-0.2, -0.15) is 0 Å². The first-order valence-corrected chi connectivity index (χ1v) is 14.7. The first-order chi connectivity index (χ1) is 20.3.